The maximum Gasteiger partial charge on any atom is 0.229 e. The van der Waals surface area contributed by atoms with Crippen LogP contribution in [0, 0.1) is 10.8 Å². The number of nitrogens with one attached hydrogen (secondary N) is 2. The molecule has 18 heavy (non-hydrogen) atoms. The molecule has 0 saturated carbocycles. The number of hydrogen-bond donors (Lipinski definition) is 3. The summed E-state index contributed by atoms with van der Waals surface area (Å²) in [5.41, 5.74) is 5.47. The molecule has 0 bridgehead atoms. The fourth-order valence-electron chi connectivity index (χ4n) is 1.11. The summed E-state index contributed by atoms with van der Waals surface area (Å²) in [6.45, 7) is 5.62. The first-order valence-electron chi connectivity index (χ1n) is 5.66. The normalized spacial score (nSPS) is 10.8. The Morgan fingerprint density at radius 1 is 1.33 bits per heavy atom. The highest BCUT2D eigenvalue weighted by molar-refractivity contribution is 5.94. The second kappa shape index (κ2) is 5.53. The molecule has 0 aliphatic carbocycles. The molecule has 0 saturated heterocycles. The van der Waals surface area contributed by atoms with Gasteiger partial charge in [-0.1, -0.05) is 20.8 Å². The first-order chi connectivity index (χ1) is 8.29. The average Bonchev–Trinajstić information content (AvgIpc) is 2.26. The van der Waals surface area contributed by atoms with Crippen LogP contribution < -0.4 is 15.8 Å². The zero-order chi connectivity index (χ0) is 13.8. The molecule has 1 amide bonds. The molecule has 4 N–H and O–H groups in total. The monoisotopic (exact) mass is 249 g/mol. The van der Waals surface area contributed by atoms with E-state index < -0.39 is 5.41 Å². The minimum absolute atomic E-state index is 0.0277. The van der Waals surface area contributed by atoms with Crippen molar-refractivity contribution in [3.05, 3.63) is 24.3 Å². The Bertz CT molecular complexity index is 433. The van der Waals surface area contributed by atoms with Crippen molar-refractivity contribution in [1.29, 1.82) is 5.41 Å². The Balaban J connectivity index is 2.60. The molecule has 0 atom stereocenters. The number of carbonyl (C=O) groups excluding carboxylic acids is 1. The van der Waals surface area contributed by atoms with E-state index in [1.54, 1.807) is 24.3 Å². The number of nitrogens with two attached hydrogens (primary N) is 1. The van der Waals surface area contributed by atoms with Crippen LogP contribution >= 0.6 is 0 Å². The Kier molecular flexibility index (Phi) is 4.31. The molecule has 0 aliphatic rings. The van der Waals surface area contributed by atoms with Crippen LogP contribution in [0.5, 0.6) is 5.75 Å². The lowest BCUT2D eigenvalue weighted by Crippen LogP contribution is -2.27. The number of anilines is 1. The van der Waals surface area contributed by atoms with Gasteiger partial charge in [0.25, 0.3) is 0 Å². The van der Waals surface area contributed by atoms with Gasteiger partial charge in [-0.2, -0.15) is 0 Å². The molecule has 0 spiro atoms. The van der Waals surface area contributed by atoms with Crippen molar-refractivity contribution in [2.24, 2.45) is 11.1 Å². The Morgan fingerprint density at radius 2 is 1.89 bits per heavy atom. The quantitative estimate of drug-likeness (QED) is 0.563. The number of rotatable bonds is 4. The van der Waals surface area contributed by atoms with E-state index in [0.717, 1.165) is 0 Å². The van der Waals surface area contributed by atoms with E-state index >= 15 is 0 Å². The van der Waals surface area contributed by atoms with Crippen molar-refractivity contribution in [3.8, 4) is 5.75 Å². The van der Waals surface area contributed by atoms with Crippen LogP contribution in [0.2, 0.25) is 0 Å². The van der Waals surface area contributed by atoms with E-state index in [2.05, 4.69) is 5.32 Å². The first-order valence-corrected chi connectivity index (χ1v) is 5.66. The zero-order valence-electron chi connectivity index (χ0n) is 10.9. The summed E-state index contributed by atoms with van der Waals surface area (Å²) in [6, 6.07) is 6.95. The topological polar surface area (TPSA) is 88.2 Å². The van der Waals surface area contributed by atoms with Crippen LogP contribution in [-0.2, 0) is 4.79 Å². The molecule has 1 aromatic carbocycles. The van der Waals surface area contributed by atoms with E-state index in [0.29, 0.717) is 11.4 Å². The molecular weight excluding hydrogens is 230 g/mol. The number of amidine groups is 1. The van der Waals surface area contributed by atoms with Crippen LogP contribution in [0.3, 0.4) is 0 Å². The largest absolute Gasteiger partial charge is 0.486 e. The van der Waals surface area contributed by atoms with E-state index in [9.17, 15) is 4.79 Å². The lowest BCUT2D eigenvalue weighted by atomic mass is 9.95. The van der Waals surface area contributed by atoms with Crippen LogP contribution in [-0.4, -0.2) is 18.3 Å². The first kappa shape index (κ1) is 14.0. The fourth-order valence-corrected chi connectivity index (χ4v) is 1.11. The molecule has 5 heteroatoms. The third-order valence-corrected chi connectivity index (χ3v) is 2.19. The SMILES string of the molecule is CC(C)(C)C(=O)Nc1ccc(OCC(=N)N)cc1. The van der Waals surface area contributed by atoms with Crippen LogP contribution in [0.15, 0.2) is 24.3 Å². The average molecular weight is 249 g/mol. The van der Waals surface area contributed by atoms with Gasteiger partial charge >= 0.3 is 0 Å². The number of ether oxygens (including phenoxy) is 1. The number of amides is 1. The van der Waals surface area contributed by atoms with Gasteiger partial charge in [0.05, 0.1) is 0 Å². The second-order valence-electron chi connectivity index (χ2n) is 5.04. The molecule has 1 rings (SSSR count). The van der Waals surface area contributed by atoms with Gasteiger partial charge in [-0.25, -0.2) is 0 Å². The Labute approximate surface area is 107 Å². The van der Waals surface area contributed by atoms with Gasteiger partial charge in [-0.05, 0) is 24.3 Å². The van der Waals surface area contributed by atoms with Crippen molar-refractivity contribution in [2.45, 2.75) is 20.8 Å². The van der Waals surface area contributed by atoms with Gasteiger partial charge in [0.1, 0.15) is 18.2 Å². The molecule has 0 aliphatic heterocycles. The number of hydrogen-bond acceptors (Lipinski definition) is 3. The molecule has 0 unspecified atom stereocenters. The van der Waals surface area contributed by atoms with Crippen molar-refractivity contribution in [3.63, 3.8) is 0 Å². The highest BCUT2D eigenvalue weighted by Gasteiger charge is 2.20. The van der Waals surface area contributed by atoms with E-state index in [1.165, 1.54) is 0 Å². The molecule has 0 fully saturated rings. The maximum atomic E-state index is 11.7. The van der Waals surface area contributed by atoms with Gasteiger partial charge in [0.2, 0.25) is 5.91 Å². The smallest absolute Gasteiger partial charge is 0.229 e. The number of carbonyl (C=O) groups is 1. The Morgan fingerprint density at radius 3 is 2.33 bits per heavy atom. The molecule has 98 valence electrons. The summed E-state index contributed by atoms with van der Waals surface area (Å²) in [7, 11) is 0. The van der Waals surface area contributed by atoms with E-state index in [4.69, 9.17) is 15.9 Å². The standard InChI is InChI=1S/C13H19N3O2/c1-13(2,3)12(17)16-9-4-6-10(7-5-9)18-8-11(14)15/h4-7H,8H2,1-3H3,(H3,14,15)(H,16,17). The van der Waals surface area contributed by atoms with Gasteiger partial charge in [0.15, 0.2) is 0 Å². The van der Waals surface area contributed by atoms with Crippen LogP contribution in [0.1, 0.15) is 20.8 Å². The summed E-state index contributed by atoms with van der Waals surface area (Å²) in [4.78, 5) is 11.7. The zero-order valence-corrected chi connectivity index (χ0v) is 10.9. The van der Waals surface area contributed by atoms with Gasteiger partial charge in [-0.3, -0.25) is 10.2 Å². The molecule has 0 radical (unpaired) electrons. The molecule has 5 nitrogen and oxygen atoms in total. The molecule has 1 aromatic rings. The van der Waals surface area contributed by atoms with Gasteiger partial charge in [0, 0.05) is 11.1 Å². The van der Waals surface area contributed by atoms with E-state index in [-0.39, 0.29) is 18.3 Å². The summed E-state index contributed by atoms with van der Waals surface area (Å²) < 4.78 is 5.23. The minimum atomic E-state index is -0.427. The minimum Gasteiger partial charge on any atom is -0.486 e. The van der Waals surface area contributed by atoms with Gasteiger partial charge in [-0.15, -0.1) is 0 Å². The number of benzene rings is 1. The predicted octanol–water partition coefficient (Wildman–Crippen LogP) is 1.99. The Hall–Kier alpha value is -2.04. The van der Waals surface area contributed by atoms with Crippen molar-refractivity contribution >= 4 is 17.4 Å². The predicted molar refractivity (Wildman–Crippen MR) is 71.9 cm³/mol. The molecule has 0 aromatic heterocycles. The van der Waals surface area contributed by atoms with E-state index in [1.807, 2.05) is 20.8 Å². The van der Waals surface area contributed by atoms with Crippen LogP contribution in [0.25, 0.3) is 0 Å². The second-order valence-corrected chi connectivity index (χ2v) is 5.04. The summed E-state index contributed by atoms with van der Waals surface area (Å²) in [5, 5.41) is 9.86. The van der Waals surface area contributed by atoms with Crippen molar-refractivity contribution < 1.29 is 9.53 Å². The molecule has 0 heterocycles. The highest BCUT2D eigenvalue weighted by atomic mass is 16.5. The van der Waals surface area contributed by atoms with Gasteiger partial charge < -0.3 is 15.8 Å². The fraction of sp³-hybridized carbons (Fsp3) is 0.385. The lowest BCUT2D eigenvalue weighted by Gasteiger charge is -2.17. The lowest BCUT2D eigenvalue weighted by molar-refractivity contribution is -0.123. The van der Waals surface area contributed by atoms with Crippen LogP contribution in [0.4, 0.5) is 5.69 Å². The summed E-state index contributed by atoms with van der Waals surface area (Å²) >= 11 is 0. The third kappa shape index (κ3) is 4.45. The van der Waals surface area contributed by atoms with Crippen molar-refractivity contribution in [1.82, 2.24) is 0 Å². The highest BCUT2D eigenvalue weighted by Crippen LogP contribution is 2.19. The summed E-state index contributed by atoms with van der Waals surface area (Å²) in [6.07, 6.45) is 0. The molecular formula is C13H19N3O2. The maximum absolute atomic E-state index is 11.7. The third-order valence-electron chi connectivity index (χ3n) is 2.19. The van der Waals surface area contributed by atoms with Crippen molar-refractivity contribution in [2.75, 3.05) is 11.9 Å². The summed E-state index contributed by atoms with van der Waals surface area (Å²) in [5.74, 6) is 0.541.